The Morgan fingerprint density at radius 3 is 2.81 bits per heavy atom. The summed E-state index contributed by atoms with van der Waals surface area (Å²) in [5, 5.41) is 4.02. The fourth-order valence-corrected chi connectivity index (χ4v) is 2.97. The van der Waals surface area contributed by atoms with Gasteiger partial charge in [0.05, 0.1) is 18.3 Å². The van der Waals surface area contributed by atoms with E-state index in [0.29, 0.717) is 12.6 Å². The van der Waals surface area contributed by atoms with Gasteiger partial charge in [-0.05, 0) is 50.9 Å². The highest BCUT2D eigenvalue weighted by Gasteiger charge is 2.28. The Hall–Kier alpha value is -1.81. The van der Waals surface area contributed by atoms with Crippen LogP contribution >= 0.6 is 0 Å². The normalized spacial score (nSPS) is 19.0. The van der Waals surface area contributed by atoms with Crippen molar-refractivity contribution in [2.45, 2.75) is 39.3 Å². The molecule has 1 fully saturated rings. The first-order valence-electron chi connectivity index (χ1n) is 7.65. The molecule has 112 valence electrons. The molecule has 1 aliphatic rings. The summed E-state index contributed by atoms with van der Waals surface area (Å²) < 4.78 is 10.9. The van der Waals surface area contributed by atoms with Gasteiger partial charge in [0.1, 0.15) is 5.75 Å². The lowest BCUT2D eigenvalue weighted by Crippen LogP contribution is -2.22. The van der Waals surface area contributed by atoms with Crippen LogP contribution in [0.25, 0.3) is 0 Å². The first-order chi connectivity index (χ1) is 10.3. The minimum absolute atomic E-state index is 0.359. The zero-order valence-corrected chi connectivity index (χ0v) is 12.7. The SMILES string of the molecule is CCOc1ccc(CN2CCC[C@@H]2c2cc(C)no2)cc1. The van der Waals surface area contributed by atoms with Gasteiger partial charge in [-0.15, -0.1) is 0 Å². The Kier molecular flexibility index (Phi) is 4.25. The predicted molar refractivity (Wildman–Crippen MR) is 81.2 cm³/mol. The highest BCUT2D eigenvalue weighted by molar-refractivity contribution is 5.27. The predicted octanol–water partition coefficient (Wildman–Crippen LogP) is 3.72. The van der Waals surface area contributed by atoms with E-state index in [1.165, 1.54) is 12.0 Å². The van der Waals surface area contributed by atoms with Gasteiger partial charge in [-0.2, -0.15) is 0 Å². The topological polar surface area (TPSA) is 38.5 Å². The minimum atomic E-state index is 0.359. The van der Waals surface area contributed by atoms with E-state index in [9.17, 15) is 0 Å². The monoisotopic (exact) mass is 286 g/mol. The maximum atomic E-state index is 5.49. The number of ether oxygens (including phenoxy) is 1. The summed E-state index contributed by atoms with van der Waals surface area (Å²) in [6.07, 6.45) is 2.35. The molecule has 0 unspecified atom stereocenters. The molecule has 2 heterocycles. The lowest BCUT2D eigenvalue weighted by atomic mass is 10.1. The van der Waals surface area contributed by atoms with Crippen LogP contribution in [0.3, 0.4) is 0 Å². The van der Waals surface area contributed by atoms with Crippen LogP contribution in [0.4, 0.5) is 0 Å². The molecule has 0 aliphatic carbocycles. The highest BCUT2D eigenvalue weighted by Crippen LogP contribution is 2.33. The third kappa shape index (κ3) is 3.27. The van der Waals surface area contributed by atoms with E-state index in [1.807, 2.05) is 26.0 Å². The van der Waals surface area contributed by atoms with Crippen LogP contribution < -0.4 is 4.74 Å². The van der Waals surface area contributed by atoms with Crippen LogP contribution in [0.5, 0.6) is 5.75 Å². The van der Waals surface area contributed by atoms with Crippen molar-refractivity contribution < 1.29 is 9.26 Å². The molecular weight excluding hydrogens is 264 g/mol. The molecule has 1 aromatic heterocycles. The van der Waals surface area contributed by atoms with E-state index in [0.717, 1.165) is 36.7 Å². The highest BCUT2D eigenvalue weighted by atomic mass is 16.5. The molecular formula is C17H22N2O2. The van der Waals surface area contributed by atoms with Crippen molar-refractivity contribution in [1.82, 2.24) is 10.1 Å². The Balaban J connectivity index is 1.68. The van der Waals surface area contributed by atoms with Gasteiger partial charge in [-0.3, -0.25) is 4.90 Å². The van der Waals surface area contributed by atoms with E-state index >= 15 is 0 Å². The van der Waals surface area contributed by atoms with Gasteiger partial charge in [0.2, 0.25) is 0 Å². The number of likely N-dealkylation sites (tertiary alicyclic amines) is 1. The molecule has 4 nitrogen and oxygen atoms in total. The van der Waals surface area contributed by atoms with Crippen LogP contribution in [0.15, 0.2) is 34.9 Å². The van der Waals surface area contributed by atoms with Crippen LogP contribution in [0, 0.1) is 6.92 Å². The van der Waals surface area contributed by atoms with Gasteiger partial charge >= 0.3 is 0 Å². The van der Waals surface area contributed by atoms with Gasteiger partial charge in [0, 0.05) is 12.6 Å². The van der Waals surface area contributed by atoms with Gasteiger partial charge in [-0.1, -0.05) is 17.3 Å². The molecule has 0 bridgehead atoms. The third-order valence-electron chi connectivity index (χ3n) is 3.96. The maximum Gasteiger partial charge on any atom is 0.154 e. The number of aryl methyl sites for hydroxylation is 1. The van der Waals surface area contributed by atoms with Gasteiger partial charge in [-0.25, -0.2) is 0 Å². The number of nitrogens with zero attached hydrogens (tertiary/aromatic N) is 2. The number of aromatic nitrogens is 1. The van der Waals surface area contributed by atoms with Gasteiger partial charge in [0.15, 0.2) is 5.76 Å². The third-order valence-corrected chi connectivity index (χ3v) is 3.96. The molecule has 3 rings (SSSR count). The van der Waals surface area contributed by atoms with Crippen LogP contribution in [-0.4, -0.2) is 23.2 Å². The zero-order chi connectivity index (χ0) is 14.7. The Morgan fingerprint density at radius 2 is 2.14 bits per heavy atom. The van der Waals surface area contributed by atoms with E-state index < -0.39 is 0 Å². The summed E-state index contributed by atoms with van der Waals surface area (Å²) in [5.41, 5.74) is 2.26. The quantitative estimate of drug-likeness (QED) is 0.839. The molecule has 1 aromatic carbocycles. The van der Waals surface area contributed by atoms with Crippen LogP contribution in [0.1, 0.15) is 42.8 Å². The maximum absolute atomic E-state index is 5.49. The summed E-state index contributed by atoms with van der Waals surface area (Å²) in [6, 6.07) is 10.8. The number of benzene rings is 1. The van der Waals surface area contributed by atoms with Crippen LogP contribution in [-0.2, 0) is 6.54 Å². The van der Waals surface area contributed by atoms with Crippen molar-refractivity contribution >= 4 is 0 Å². The fourth-order valence-electron chi connectivity index (χ4n) is 2.97. The number of hydrogen-bond acceptors (Lipinski definition) is 4. The molecule has 1 atom stereocenters. The zero-order valence-electron chi connectivity index (χ0n) is 12.7. The van der Waals surface area contributed by atoms with Crippen molar-refractivity contribution in [3.63, 3.8) is 0 Å². The molecule has 2 aromatic rings. The first kappa shape index (κ1) is 14.1. The fraction of sp³-hybridized carbons (Fsp3) is 0.471. The van der Waals surface area contributed by atoms with E-state index in [1.54, 1.807) is 0 Å². The second kappa shape index (κ2) is 6.31. The average molecular weight is 286 g/mol. The molecule has 0 amide bonds. The smallest absolute Gasteiger partial charge is 0.154 e. The summed E-state index contributed by atoms with van der Waals surface area (Å²) in [6.45, 7) is 6.73. The van der Waals surface area contributed by atoms with Gasteiger partial charge in [0.25, 0.3) is 0 Å². The van der Waals surface area contributed by atoms with E-state index in [-0.39, 0.29) is 0 Å². The standard InChI is InChI=1S/C17H22N2O2/c1-3-20-15-8-6-14(7-9-15)12-19-10-4-5-16(19)17-11-13(2)18-21-17/h6-9,11,16H,3-5,10,12H2,1-2H3/t16-/m1/s1. The second-order valence-electron chi connectivity index (χ2n) is 5.58. The summed E-state index contributed by atoms with van der Waals surface area (Å²) in [7, 11) is 0. The molecule has 21 heavy (non-hydrogen) atoms. The van der Waals surface area contributed by atoms with Crippen molar-refractivity contribution in [1.29, 1.82) is 0 Å². The van der Waals surface area contributed by atoms with E-state index in [4.69, 9.17) is 9.26 Å². The minimum Gasteiger partial charge on any atom is -0.494 e. The number of rotatable bonds is 5. The second-order valence-corrected chi connectivity index (χ2v) is 5.58. The van der Waals surface area contributed by atoms with Crippen molar-refractivity contribution in [3.8, 4) is 5.75 Å². The molecule has 0 saturated carbocycles. The Morgan fingerprint density at radius 1 is 1.33 bits per heavy atom. The van der Waals surface area contributed by atoms with Gasteiger partial charge < -0.3 is 9.26 Å². The average Bonchev–Trinajstić information content (AvgIpc) is 3.10. The summed E-state index contributed by atoms with van der Waals surface area (Å²) in [4.78, 5) is 2.47. The summed E-state index contributed by atoms with van der Waals surface area (Å²) >= 11 is 0. The lowest BCUT2D eigenvalue weighted by Gasteiger charge is -2.22. The molecule has 4 heteroatoms. The molecule has 0 N–H and O–H groups in total. The number of hydrogen-bond donors (Lipinski definition) is 0. The van der Waals surface area contributed by atoms with Crippen molar-refractivity contribution in [3.05, 3.63) is 47.3 Å². The first-order valence-corrected chi connectivity index (χ1v) is 7.65. The molecule has 0 radical (unpaired) electrons. The Labute approximate surface area is 125 Å². The largest absolute Gasteiger partial charge is 0.494 e. The Bertz CT molecular complexity index is 577. The van der Waals surface area contributed by atoms with Crippen molar-refractivity contribution in [2.24, 2.45) is 0 Å². The molecule has 0 spiro atoms. The van der Waals surface area contributed by atoms with Crippen molar-refractivity contribution in [2.75, 3.05) is 13.2 Å². The van der Waals surface area contributed by atoms with E-state index in [2.05, 4.69) is 28.3 Å². The summed E-state index contributed by atoms with van der Waals surface area (Å²) in [5.74, 6) is 1.93. The lowest BCUT2D eigenvalue weighted by molar-refractivity contribution is 0.206. The molecule has 1 saturated heterocycles. The molecule has 1 aliphatic heterocycles. The van der Waals surface area contributed by atoms with Crippen LogP contribution in [0.2, 0.25) is 0 Å².